The molecule has 2 amide bonds. The third-order valence-electron chi connectivity index (χ3n) is 5.18. The fourth-order valence-electron chi connectivity index (χ4n) is 3.51. The summed E-state index contributed by atoms with van der Waals surface area (Å²) in [6, 6.07) is 7.35. The van der Waals surface area contributed by atoms with E-state index >= 15 is 0 Å². The predicted molar refractivity (Wildman–Crippen MR) is 109 cm³/mol. The first kappa shape index (κ1) is 23.4. The number of alkyl carbamates (subject to hydrolysis) is 1. The average molecular weight is 418 g/mol. The molecule has 1 aliphatic rings. The van der Waals surface area contributed by atoms with Crippen molar-refractivity contribution in [2.75, 3.05) is 7.11 Å². The molecule has 1 aliphatic carbocycles. The monoisotopic (exact) mass is 418 g/mol. The summed E-state index contributed by atoms with van der Waals surface area (Å²) in [5, 5.41) is 5.25. The van der Waals surface area contributed by atoms with Gasteiger partial charge in [-0.2, -0.15) is 0 Å². The smallest absolute Gasteiger partial charge is 0.408 e. The van der Waals surface area contributed by atoms with Crippen LogP contribution in [0.2, 0.25) is 0 Å². The lowest BCUT2D eigenvalue weighted by Gasteiger charge is -2.30. The van der Waals surface area contributed by atoms with E-state index in [0.717, 1.165) is 5.56 Å². The molecule has 1 aromatic carbocycles. The number of carbonyl (C=O) groups is 4. The molecule has 30 heavy (non-hydrogen) atoms. The van der Waals surface area contributed by atoms with Crippen LogP contribution in [0.4, 0.5) is 4.79 Å². The molecular formula is C22H30N2O6. The summed E-state index contributed by atoms with van der Waals surface area (Å²) < 4.78 is 10.0. The molecule has 0 bridgehead atoms. The number of hydrogen-bond acceptors (Lipinski definition) is 6. The summed E-state index contributed by atoms with van der Waals surface area (Å²) in [5.41, 5.74) is 0.825. The van der Waals surface area contributed by atoms with Crippen molar-refractivity contribution in [3.63, 3.8) is 0 Å². The Kier molecular flexibility index (Phi) is 8.83. The van der Waals surface area contributed by atoms with Crippen molar-refractivity contribution in [1.29, 1.82) is 0 Å². The van der Waals surface area contributed by atoms with Crippen molar-refractivity contribution in [1.82, 2.24) is 10.6 Å². The van der Waals surface area contributed by atoms with Gasteiger partial charge in [0.15, 0.2) is 0 Å². The van der Waals surface area contributed by atoms with Gasteiger partial charge in [0, 0.05) is 12.8 Å². The van der Waals surface area contributed by atoms with Crippen LogP contribution in [0, 0.1) is 11.8 Å². The molecule has 1 fully saturated rings. The number of benzene rings is 1. The van der Waals surface area contributed by atoms with Crippen LogP contribution in [0.5, 0.6) is 0 Å². The highest BCUT2D eigenvalue weighted by Gasteiger charge is 2.36. The zero-order chi connectivity index (χ0) is 22.1. The van der Waals surface area contributed by atoms with E-state index < -0.39 is 30.1 Å². The van der Waals surface area contributed by atoms with Gasteiger partial charge in [-0.15, -0.1) is 0 Å². The van der Waals surface area contributed by atoms with Crippen molar-refractivity contribution in [2.24, 2.45) is 11.8 Å². The number of hydrogen-bond donors (Lipinski definition) is 2. The number of amides is 2. The van der Waals surface area contributed by atoms with Crippen LogP contribution in [0.1, 0.15) is 45.1 Å². The molecule has 0 spiro atoms. The summed E-state index contributed by atoms with van der Waals surface area (Å²) in [7, 11) is 1.24. The standard InChI is InChI=1S/C22H30N2O6/c1-14(2)18(24-22(28)30-13-15-8-5-4-6-9-15)20(26)23-19(21(27)29-3)16-10-7-11-17(25)12-16/h4-6,8-9,14,16,18-19H,7,10-13H2,1-3H3,(H,23,26)(H,24,28)/t16-,18-,19+/m1/s1. The summed E-state index contributed by atoms with van der Waals surface area (Å²) >= 11 is 0. The van der Waals surface area contributed by atoms with Gasteiger partial charge in [-0.3, -0.25) is 9.59 Å². The Morgan fingerprint density at radius 3 is 2.43 bits per heavy atom. The molecule has 8 nitrogen and oxygen atoms in total. The van der Waals surface area contributed by atoms with Crippen molar-refractivity contribution < 1.29 is 28.7 Å². The number of carbonyl (C=O) groups excluding carboxylic acids is 4. The van der Waals surface area contributed by atoms with Crippen molar-refractivity contribution in [3.05, 3.63) is 35.9 Å². The number of rotatable bonds is 8. The van der Waals surface area contributed by atoms with Gasteiger partial charge in [-0.1, -0.05) is 44.2 Å². The number of esters is 1. The summed E-state index contributed by atoms with van der Waals surface area (Å²) in [6.45, 7) is 3.63. The van der Waals surface area contributed by atoms with Crippen LogP contribution in [-0.4, -0.2) is 42.9 Å². The van der Waals surface area contributed by atoms with Gasteiger partial charge in [-0.25, -0.2) is 9.59 Å². The topological polar surface area (TPSA) is 111 Å². The van der Waals surface area contributed by atoms with E-state index in [4.69, 9.17) is 9.47 Å². The van der Waals surface area contributed by atoms with Crippen LogP contribution in [-0.2, 0) is 30.5 Å². The molecule has 1 aromatic rings. The lowest BCUT2D eigenvalue weighted by molar-refractivity contribution is -0.147. The molecule has 0 unspecified atom stereocenters. The summed E-state index contributed by atoms with van der Waals surface area (Å²) in [6.07, 6.45) is 1.30. The van der Waals surface area contributed by atoms with Gasteiger partial charge in [-0.05, 0) is 30.2 Å². The first-order chi connectivity index (χ1) is 14.3. The Bertz CT molecular complexity index is 749. The van der Waals surface area contributed by atoms with Crippen LogP contribution in [0.25, 0.3) is 0 Å². The molecular weight excluding hydrogens is 388 g/mol. The van der Waals surface area contributed by atoms with Gasteiger partial charge in [0.25, 0.3) is 0 Å². The van der Waals surface area contributed by atoms with Gasteiger partial charge >= 0.3 is 12.1 Å². The maximum atomic E-state index is 12.9. The highest BCUT2D eigenvalue weighted by Crippen LogP contribution is 2.25. The Balaban J connectivity index is 2.00. The maximum Gasteiger partial charge on any atom is 0.408 e. The molecule has 8 heteroatoms. The fraction of sp³-hybridized carbons (Fsp3) is 0.545. The molecule has 164 valence electrons. The van der Waals surface area contributed by atoms with E-state index in [1.807, 2.05) is 30.3 Å². The maximum absolute atomic E-state index is 12.9. The molecule has 0 heterocycles. The highest BCUT2D eigenvalue weighted by molar-refractivity contribution is 5.90. The molecule has 0 aliphatic heterocycles. The van der Waals surface area contributed by atoms with Crippen molar-refractivity contribution in [3.8, 4) is 0 Å². The number of methoxy groups -OCH3 is 1. The SMILES string of the molecule is COC(=O)[C@@H](NC(=O)[C@H](NC(=O)OCc1ccccc1)C(C)C)[C@@H]1CCCC(=O)C1. The second kappa shape index (κ2) is 11.3. The molecule has 0 aromatic heterocycles. The van der Waals surface area contributed by atoms with Gasteiger partial charge in [0.1, 0.15) is 24.5 Å². The molecule has 2 rings (SSSR count). The van der Waals surface area contributed by atoms with Crippen LogP contribution in [0.3, 0.4) is 0 Å². The van der Waals surface area contributed by atoms with Crippen LogP contribution >= 0.6 is 0 Å². The number of ether oxygens (including phenoxy) is 2. The molecule has 0 radical (unpaired) electrons. The Hall–Kier alpha value is -2.90. The van der Waals surface area contributed by atoms with Crippen LogP contribution < -0.4 is 10.6 Å². The van der Waals surface area contributed by atoms with E-state index in [1.54, 1.807) is 13.8 Å². The second-order valence-electron chi connectivity index (χ2n) is 7.83. The minimum Gasteiger partial charge on any atom is -0.467 e. The third-order valence-corrected chi connectivity index (χ3v) is 5.18. The minimum absolute atomic E-state index is 0.0671. The average Bonchev–Trinajstić information content (AvgIpc) is 2.74. The number of nitrogens with one attached hydrogen (secondary N) is 2. The first-order valence-electron chi connectivity index (χ1n) is 10.2. The van der Waals surface area contributed by atoms with Gasteiger partial charge in [0.2, 0.25) is 5.91 Å². The molecule has 0 saturated heterocycles. The number of ketones is 1. The van der Waals surface area contributed by atoms with Gasteiger partial charge < -0.3 is 20.1 Å². The van der Waals surface area contributed by atoms with E-state index in [2.05, 4.69) is 10.6 Å². The Labute approximate surface area is 176 Å². The molecule has 3 atom stereocenters. The van der Waals surface area contributed by atoms with E-state index in [0.29, 0.717) is 19.3 Å². The lowest BCUT2D eigenvalue weighted by atomic mass is 9.83. The highest BCUT2D eigenvalue weighted by atomic mass is 16.5. The van der Waals surface area contributed by atoms with Crippen molar-refractivity contribution >= 4 is 23.8 Å². The summed E-state index contributed by atoms with van der Waals surface area (Å²) in [4.78, 5) is 49.2. The predicted octanol–water partition coefficient (Wildman–Crippen LogP) is 2.35. The number of Topliss-reactive ketones (excluding diaryl/α,β-unsaturated/α-hetero) is 1. The second-order valence-corrected chi connectivity index (χ2v) is 7.83. The van der Waals surface area contributed by atoms with E-state index in [-0.39, 0.29) is 30.6 Å². The zero-order valence-corrected chi connectivity index (χ0v) is 17.7. The quantitative estimate of drug-likeness (QED) is 0.627. The summed E-state index contributed by atoms with van der Waals surface area (Å²) in [5.74, 6) is -1.62. The van der Waals surface area contributed by atoms with Crippen molar-refractivity contribution in [2.45, 2.75) is 58.2 Å². The van der Waals surface area contributed by atoms with E-state index in [9.17, 15) is 19.2 Å². The third kappa shape index (κ3) is 6.86. The Morgan fingerprint density at radius 2 is 1.83 bits per heavy atom. The Morgan fingerprint density at radius 1 is 1.13 bits per heavy atom. The normalized spacial score (nSPS) is 18.3. The zero-order valence-electron chi connectivity index (χ0n) is 17.7. The van der Waals surface area contributed by atoms with E-state index in [1.165, 1.54) is 7.11 Å². The largest absolute Gasteiger partial charge is 0.467 e. The molecule has 1 saturated carbocycles. The molecule has 2 N–H and O–H groups in total. The first-order valence-corrected chi connectivity index (χ1v) is 10.2. The lowest BCUT2D eigenvalue weighted by Crippen LogP contribution is -2.56. The van der Waals surface area contributed by atoms with Gasteiger partial charge in [0.05, 0.1) is 7.11 Å². The minimum atomic E-state index is -0.935. The fourth-order valence-corrected chi connectivity index (χ4v) is 3.51. The van der Waals surface area contributed by atoms with Crippen LogP contribution in [0.15, 0.2) is 30.3 Å².